The van der Waals surface area contributed by atoms with Crippen molar-refractivity contribution in [1.29, 1.82) is 0 Å². The summed E-state index contributed by atoms with van der Waals surface area (Å²) in [5.41, 5.74) is 4.59. The van der Waals surface area contributed by atoms with Crippen LogP contribution in [0.1, 0.15) is 5.69 Å². The number of anilines is 1. The molecule has 0 aromatic carbocycles. The molecule has 2 amide bonds. The Morgan fingerprint density at radius 2 is 2.21 bits per heavy atom. The summed E-state index contributed by atoms with van der Waals surface area (Å²) in [4.78, 5) is 36.4. The number of hydrogen-bond acceptors (Lipinski definition) is 10. The molecule has 2 rings (SSSR count). The number of hydrogen-bond donors (Lipinski definition) is 3. The maximum absolute atomic E-state index is 12.3. The van der Waals surface area contributed by atoms with Gasteiger partial charge < -0.3 is 15.9 Å². The van der Waals surface area contributed by atoms with Crippen molar-refractivity contribution in [1.82, 2.24) is 15.4 Å². The summed E-state index contributed by atoms with van der Waals surface area (Å²) in [6, 6.07) is -1.17. The monoisotopic (exact) mass is 447 g/mol. The van der Waals surface area contributed by atoms with Crippen LogP contribution in [0.15, 0.2) is 10.5 Å². The molecule has 1 aliphatic rings. The van der Waals surface area contributed by atoms with Crippen molar-refractivity contribution in [3.05, 3.63) is 11.1 Å². The van der Waals surface area contributed by atoms with Crippen molar-refractivity contribution in [3.8, 4) is 0 Å². The SMILES string of the molecule is Nc1nc(C(=NOCC(F)(F)F)C(=O)N[C@H]2CN(OCS(=O)(=O)O)C2=O)cs1. The van der Waals surface area contributed by atoms with Crippen molar-refractivity contribution < 1.29 is 45.4 Å². The third kappa shape index (κ3) is 6.29. The van der Waals surface area contributed by atoms with Crippen LogP contribution in [0.25, 0.3) is 0 Å². The van der Waals surface area contributed by atoms with Gasteiger partial charge in [-0.2, -0.15) is 21.6 Å². The zero-order valence-electron chi connectivity index (χ0n) is 13.5. The minimum atomic E-state index is -4.69. The summed E-state index contributed by atoms with van der Waals surface area (Å²) in [5.74, 6) is -3.11. The van der Waals surface area contributed by atoms with Gasteiger partial charge in [0.1, 0.15) is 11.7 Å². The Morgan fingerprint density at radius 3 is 2.71 bits per heavy atom. The molecule has 1 aromatic heterocycles. The zero-order chi connectivity index (χ0) is 21.1. The van der Waals surface area contributed by atoms with Gasteiger partial charge >= 0.3 is 6.18 Å². The number of nitrogens with two attached hydrogens (primary N) is 1. The maximum Gasteiger partial charge on any atom is 0.425 e. The summed E-state index contributed by atoms with van der Waals surface area (Å²) in [7, 11) is -4.48. The topological polar surface area (TPSA) is 174 Å². The van der Waals surface area contributed by atoms with Crippen LogP contribution >= 0.6 is 11.3 Å². The molecule has 2 heterocycles. The van der Waals surface area contributed by atoms with E-state index in [1.807, 2.05) is 0 Å². The van der Waals surface area contributed by atoms with Gasteiger partial charge in [-0.3, -0.25) is 19.0 Å². The second-order valence-corrected chi connectivity index (χ2v) is 7.44. The molecule has 1 atom stereocenters. The molecule has 0 aliphatic carbocycles. The average Bonchev–Trinajstić information content (AvgIpc) is 2.97. The molecule has 28 heavy (non-hydrogen) atoms. The number of oxime groups is 1. The van der Waals surface area contributed by atoms with Crippen LogP contribution < -0.4 is 11.1 Å². The van der Waals surface area contributed by atoms with Gasteiger partial charge in [-0.1, -0.05) is 5.16 Å². The van der Waals surface area contributed by atoms with Crippen molar-refractivity contribution in [2.75, 3.05) is 24.8 Å². The lowest BCUT2D eigenvalue weighted by Gasteiger charge is -2.36. The number of halogens is 3. The molecule has 156 valence electrons. The number of rotatable bonds is 8. The molecule has 1 aliphatic heterocycles. The summed E-state index contributed by atoms with van der Waals surface area (Å²) >= 11 is 0.890. The normalized spacial score (nSPS) is 18.0. The lowest BCUT2D eigenvalue weighted by molar-refractivity contribution is -0.206. The molecule has 1 fully saturated rings. The predicted molar refractivity (Wildman–Crippen MR) is 86.2 cm³/mol. The third-order valence-electron chi connectivity index (χ3n) is 2.92. The largest absolute Gasteiger partial charge is 0.425 e. The molecular formula is C11H12F3N5O7S2. The van der Waals surface area contributed by atoms with E-state index in [4.69, 9.17) is 10.3 Å². The van der Waals surface area contributed by atoms with Crippen molar-refractivity contribution in [2.45, 2.75) is 12.2 Å². The van der Waals surface area contributed by atoms with Crippen molar-refractivity contribution >= 4 is 44.1 Å². The first kappa shape index (κ1) is 21.8. The van der Waals surface area contributed by atoms with E-state index in [1.165, 1.54) is 5.38 Å². The van der Waals surface area contributed by atoms with Gasteiger partial charge in [0.05, 0.1) is 6.54 Å². The quantitative estimate of drug-likeness (QED) is 0.198. The first-order valence-corrected chi connectivity index (χ1v) is 9.53. The van der Waals surface area contributed by atoms with E-state index in [2.05, 4.69) is 25.1 Å². The maximum atomic E-state index is 12.3. The number of nitrogen functional groups attached to an aromatic ring is 1. The van der Waals surface area contributed by atoms with E-state index in [-0.39, 0.29) is 17.4 Å². The highest BCUT2D eigenvalue weighted by Crippen LogP contribution is 2.17. The van der Waals surface area contributed by atoms with Gasteiger partial charge in [0.2, 0.25) is 12.5 Å². The second kappa shape index (κ2) is 8.25. The molecule has 17 heteroatoms. The van der Waals surface area contributed by atoms with E-state index < -0.39 is 52.4 Å². The van der Waals surface area contributed by atoms with E-state index in [0.29, 0.717) is 5.06 Å². The molecule has 0 spiro atoms. The Morgan fingerprint density at radius 1 is 1.54 bits per heavy atom. The molecule has 0 saturated carbocycles. The number of nitrogens with one attached hydrogen (secondary N) is 1. The van der Waals surface area contributed by atoms with Crippen LogP contribution in [-0.4, -0.2) is 71.9 Å². The number of β-lactam (4-membered cyclic amide) rings is 1. The fourth-order valence-electron chi connectivity index (χ4n) is 1.75. The Hall–Kier alpha value is -2.50. The Bertz CT molecular complexity index is 885. The highest BCUT2D eigenvalue weighted by molar-refractivity contribution is 7.85. The minimum absolute atomic E-state index is 0.0100. The molecule has 12 nitrogen and oxygen atoms in total. The van der Waals surface area contributed by atoms with Crippen LogP contribution in [0, 0.1) is 0 Å². The molecule has 1 saturated heterocycles. The van der Waals surface area contributed by atoms with Gasteiger partial charge in [0, 0.05) is 5.38 Å². The average molecular weight is 447 g/mol. The molecule has 0 unspecified atom stereocenters. The van der Waals surface area contributed by atoms with Crippen molar-refractivity contribution in [2.24, 2.45) is 5.16 Å². The van der Waals surface area contributed by atoms with Gasteiger partial charge in [-0.25, -0.2) is 10.0 Å². The molecule has 0 radical (unpaired) electrons. The number of nitrogens with zero attached hydrogens (tertiary/aromatic N) is 3. The summed E-state index contributed by atoms with van der Waals surface area (Å²) < 4.78 is 66.2. The summed E-state index contributed by atoms with van der Waals surface area (Å²) in [6.07, 6.45) is -4.69. The molecular weight excluding hydrogens is 435 g/mol. The van der Waals surface area contributed by atoms with Crippen LogP contribution in [0.4, 0.5) is 18.3 Å². The number of aromatic nitrogens is 1. The van der Waals surface area contributed by atoms with E-state index in [9.17, 15) is 31.2 Å². The Kier molecular flexibility index (Phi) is 6.42. The van der Waals surface area contributed by atoms with Crippen molar-refractivity contribution in [3.63, 3.8) is 0 Å². The van der Waals surface area contributed by atoms with E-state index >= 15 is 0 Å². The number of hydroxylamine groups is 2. The van der Waals surface area contributed by atoms with Crippen LogP contribution in [0.2, 0.25) is 0 Å². The van der Waals surface area contributed by atoms with Crippen LogP contribution in [0.5, 0.6) is 0 Å². The number of alkyl halides is 3. The second-order valence-electron chi connectivity index (χ2n) is 5.15. The third-order valence-corrected chi connectivity index (χ3v) is 4.00. The fraction of sp³-hybridized carbons (Fsp3) is 0.455. The predicted octanol–water partition coefficient (Wildman–Crippen LogP) is -0.888. The number of carbonyl (C=O) groups is 2. The lowest BCUT2D eigenvalue weighted by atomic mass is 10.1. The van der Waals surface area contributed by atoms with Gasteiger partial charge in [-0.05, 0) is 0 Å². The smallest absolute Gasteiger partial charge is 0.385 e. The first-order chi connectivity index (χ1) is 12.9. The molecule has 0 bridgehead atoms. The van der Waals surface area contributed by atoms with E-state index in [0.717, 1.165) is 11.3 Å². The Balaban J connectivity index is 2.01. The highest BCUT2D eigenvalue weighted by atomic mass is 32.2. The van der Waals surface area contributed by atoms with Crippen LogP contribution in [-0.2, 0) is 29.4 Å². The number of amides is 2. The minimum Gasteiger partial charge on any atom is -0.385 e. The number of thiazole rings is 1. The van der Waals surface area contributed by atoms with E-state index in [1.54, 1.807) is 0 Å². The van der Waals surface area contributed by atoms with Gasteiger partial charge in [0.25, 0.3) is 21.9 Å². The van der Waals surface area contributed by atoms with Gasteiger partial charge in [-0.15, -0.1) is 11.3 Å². The van der Waals surface area contributed by atoms with Gasteiger partial charge in [0.15, 0.2) is 10.8 Å². The standard InChI is InChI=1S/C11H12F3N5O7S2/c12-11(13,14)3-25-18-7(6-2-27-10(15)17-6)8(20)16-5-1-19(9(5)21)26-4-28(22,23)24/h2,5H,1,3-4H2,(H2,15,17)(H,16,20)(H,22,23,24)/t5-/m0/s1. The number of carbonyl (C=O) groups excluding carboxylic acids is 2. The highest BCUT2D eigenvalue weighted by Gasteiger charge is 2.40. The zero-order valence-corrected chi connectivity index (χ0v) is 15.2. The summed E-state index contributed by atoms with van der Waals surface area (Å²) in [6.45, 7) is -2.04. The lowest BCUT2D eigenvalue weighted by Crippen LogP contribution is -2.64. The molecule has 4 N–H and O–H groups in total. The van der Waals surface area contributed by atoms with Crippen LogP contribution in [0.3, 0.4) is 0 Å². The fourth-order valence-corrected chi connectivity index (χ4v) is 2.55. The first-order valence-electron chi connectivity index (χ1n) is 7.04. The summed E-state index contributed by atoms with van der Waals surface area (Å²) in [5, 5.41) is 7.10. The molecule has 1 aromatic rings. The Labute approximate surface area is 158 Å².